The van der Waals surface area contributed by atoms with Gasteiger partial charge < -0.3 is 0 Å². The van der Waals surface area contributed by atoms with Gasteiger partial charge in [0.05, 0.1) is 0 Å². The molecule has 0 amide bonds. The summed E-state index contributed by atoms with van der Waals surface area (Å²) in [6, 6.07) is 56.9. The van der Waals surface area contributed by atoms with Crippen molar-refractivity contribution in [3.8, 4) is 22.3 Å². The number of hydrogen-bond donors (Lipinski definition) is 0. The van der Waals surface area contributed by atoms with Crippen molar-refractivity contribution < 1.29 is 18.9 Å². The molecular formula is C47H41Cl2SiZr. The fraction of sp³-hybridized carbons (Fsp3) is 0.106. The van der Waals surface area contributed by atoms with Gasteiger partial charge in [-0.3, -0.25) is 0 Å². The molecule has 2 atom stereocenters. The molecule has 0 spiro atoms. The first-order valence-electron chi connectivity index (χ1n) is 17.5. The Morgan fingerprint density at radius 1 is 0.451 bits per heavy atom. The zero-order chi connectivity index (χ0) is 33.1. The summed E-state index contributed by atoms with van der Waals surface area (Å²) in [6.45, 7) is 7.34. The molecule has 7 aromatic carbocycles. The van der Waals surface area contributed by atoms with Gasteiger partial charge >= 0.3 is 298 Å². The van der Waals surface area contributed by atoms with Crippen LogP contribution < -0.4 is 0 Å². The van der Waals surface area contributed by atoms with Crippen LogP contribution in [0.25, 0.3) is 56.0 Å². The zero-order valence-electron chi connectivity index (χ0n) is 29.0. The normalized spacial score (nSPS) is 17.1. The SMILES string of the molecule is CC1=Cc2c(-c3cccc4ccccc34)cccc2[CH]1[Zr](=[SiH2])([CH2]c1ccccc1)[CH]1C(C)=Cc2c(-c3cccc4ccccc34)cccc21.Cl.Cl. The van der Waals surface area contributed by atoms with Crippen molar-refractivity contribution in [3.63, 3.8) is 0 Å². The molecule has 2 aliphatic rings. The molecule has 0 saturated heterocycles. The Balaban J connectivity index is 0.00000203. The standard InChI is InChI=1S/2C20H15.C7H7.2ClH.H2Si.Zr/c2*1-14-12-16-8-5-11-19(20(16)13-14)18-10-4-7-15-6-2-3-9-17(15)18;1-7-5-3-2-4-6-7;;;;/h2*2-13H,1H3;2-6H,1H2;2*1H;1H2;. The fourth-order valence-electron chi connectivity index (χ4n) is 9.37. The van der Waals surface area contributed by atoms with E-state index in [9.17, 15) is 0 Å². The van der Waals surface area contributed by atoms with Gasteiger partial charge in [-0.15, -0.1) is 24.8 Å². The number of fused-ring (bicyclic) bond motifs is 4. The first-order valence-corrected chi connectivity index (χ1v) is 28.0. The van der Waals surface area contributed by atoms with Gasteiger partial charge in [-0.1, -0.05) is 0 Å². The molecule has 0 aliphatic heterocycles. The molecule has 0 fully saturated rings. The van der Waals surface area contributed by atoms with Gasteiger partial charge in [0.2, 0.25) is 0 Å². The van der Waals surface area contributed by atoms with Crippen molar-refractivity contribution in [2.24, 2.45) is 0 Å². The molecule has 0 nitrogen and oxygen atoms in total. The molecule has 2 unspecified atom stereocenters. The van der Waals surface area contributed by atoms with Crippen LogP contribution in [0.4, 0.5) is 0 Å². The number of halogens is 2. The van der Waals surface area contributed by atoms with Gasteiger partial charge in [-0.25, -0.2) is 0 Å². The van der Waals surface area contributed by atoms with E-state index in [0.29, 0.717) is 7.25 Å². The minimum absolute atomic E-state index is 0. The molecule has 0 saturated carbocycles. The van der Waals surface area contributed by atoms with Gasteiger partial charge in [-0.2, -0.15) is 0 Å². The van der Waals surface area contributed by atoms with Crippen LogP contribution in [0.2, 0.25) is 0 Å². The molecule has 7 aromatic rings. The average molecular weight is 796 g/mol. The Hall–Kier alpha value is -3.78. The summed E-state index contributed by atoms with van der Waals surface area (Å²) in [4.78, 5) is 0. The molecule has 0 aromatic heterocycles. The molecule has 9 rings (SSSR count). The third-order valence-electron chi connectivity index (χ3n) is 11.2. The van der Waals surface area contributed by atoms with Crippen LogP contribution in [0.15, 0.2) is 163 Å². The van der Waals surface area contributed by atoms with Gasteiger partial charge in [0.1, 0.15) is 0 Å². The molecule has 0 heterocycles. The third kappa shape index (κ3) is 5.95. The monoisotopic (exact) mass is 793 g/mol. The smallest absolute Gasteiger partial charge is 0.147 e. The van der Waals surface area contributed by atoms with E-state index >= 15 is 0 Å². The minimum Gasteiger partial charge on any atom is -0.147 e. The van der Waals surface area contributed by atoms with Crippen LogP contribution in [0.1, 0.15) is 48.9 Å². The van der Waals surface area contributed by atoms with Crippen LogP contribution >= 0.6 is 24.8 Å². The number of hydrogen-bond acceptors (Lipinski definition) is 0. The van der Waals surface area contributed by atoms with Crippen molar-refractivity contribution in [3.05, 3.63) is 191 Å². The van der Waals surface area contributed by atoms with Crippen molar-refractivity contribution in [2.45, 2.75) is 25.2 Å². The molecule has 0 bridgehead atoms. The molecule has 0 N–H and O–H groups in total. The maximum atomic E-state index is 2.56. The van der Waals surface area contributed by atoms with E-state index in [1.807, 2.05) is 0 Å². The summed E-state index contributed by atoms with van der Waals surface area (Å²) >= 11 is -3.31. The number of rotatable bonds is 6. The van der Waals surface area contributed by atoms with Crippen LogP contribution in [0, 0.1) is 0 Å². The topological polar surface area (TPSA) is 0 Å². The largest absolute Gasteiger partial charge is 0.147 e. The first kappa shape index (κ1) is 35.6. The zero-order valence-corrected chi connectivity index (χ0v) is 34.5. The summed E-state index contributed by atoms with van der Waals surface area (Å²) in [7, 11) is 0. The molecule has 4 heteroatoms. The van der Waals surface area contributed by atoms with Gasteiger partial charge in [0.25, 0.3) is 0 Å². The van der Waals surface area contributed by atoms with Gasteiger partial charge in [0.15, 0.2) is 0 Å². The van der Waals surface area contributed by atoms with Crippen LogP contribution in [-0.2, 0) is 23.0 Å². The van der Waals surface area contributed by atoms with E-state index < -0.39 is 18.9 Å². The van der Waals surface area contributed by atoms with Crippen molar-refractivity contribution in [2.75, 3.05) is 0 Å². The predicted molar refractivity (Wildman–Crippen MR) is 225 cm³/mol. The Morgan fingerprint density at radius 3 is 1.33 bits per heavy atom. The summed E-state index contributed by atoms with van der Waals surface area (Å²) in [5.74, 6) is 0. The van der Waals surface area contributed by atoms with E-state index in [1.165, 1.54) is 64.6 Å². The minimum atomic E-state index is -3.31. The summed E-state index contributed by atoms with van der Waals surface area (Å²) < 4.78 is 2.17. The quantitative estimate of drug-likeness (QED) is 0.147. The second-order valence-corrected chi connectivity index (χ2v) is 31.8. The first-order chi connectivity index (χ1) is 24.0. The maximum Gasteiger partial charge on any atom is -0.147 e. The Morgan fingerprint density at radius 2 is 0.843 bits per heavy atom. The van der Waals surface area contributed by atoms with Crippen LogP contribution in [0.5, 0.6) is 0 Å². The third-order valence-corrected chi connectivity index (χ3v) is 29.6. The summed E-state index contributed by atoms with van der Waals surface area (Å²) in [5, 5.41) is 5.25. The second kappa shape index (κ2) is 14.3. The van der Waals surface area contributed by atoms with E-state index in [2.05, 4.69) is 185 Å². The Labute approximate surface area is 319 Å². The second-order valence-electron chi connectivity index (χ2n) is 14.2. The molecular weight excluding hydrogens is 755 g/mol. The summed E-state index contributed by atoms with van der Waals surface area (Å²) in [5.41, 5.74) is 16.0. The molecule has 2 aliphatic carbocycles. The molecule has 51 heavy (non-hydrogen) atoms. The van der Waals surface area contributed by atoms with Crippen LogP contribution in [0.3, 0.4) is 0 Å². The number of benzene rings is 7. The van der Waals surface area contributed by atoms with Gasteiger partial charge in [-0.05, 0) is 0 Å². The molecule has 0 radical (unpaired) electrons. The van der Waals surface area contributed by atoms with E-state index in [0.717, 1.165) is 0 Å². The van der Waals surface area contributed by atoms with E-state index in [1.54, 1.807) is 22.3 Å². The van der Waals surface area contributed by atoms with E-state index in [-0.39, 0.29) is 24.8 Å². The fourth-order valence-corrected chi connectivity index (χ4v) is 30.9. The van der Waals surface area contributed by atoms with Crippen molar-refractivity contribution >= 4 is 65.4 Å². The Kier molecular flexibility index (Phi) is 10.0. The van der Waals surface area contributed by atoms with E-state index in [4.69, 9.17) is 0 Å². The maximum absolute atomic E-state index is 3.31. The Bertz CT molecular complexity index is 2380. The number of allylic oxidation sites excluding steroid dienone is 2. The average Bonchev–Trinajstić information content (AvgIpc) is 3.67. The van der Waals surface area contributed by atoms with Crippen LogP contribution in [-0.4, -0.2) is 6.88 Å². The predicted octanol–water partition coefficient (Wildman–Crippen LogP) is 12.7. The van der Waals surface area contributed by atoms with Gasteiger partial charge in [0, 0.05) is 0 Å². The van der Waals surface area contributed by atoms with Crippen molar-refractivity contribution in [1.29, 1.82) is 0 Å². The van der Waals surface area contributed by atoms with Crippen molar-refractivity contribution in [1.82, 2.24) is 0 Å². The summed E-state index contributed by atoms with van der Waals surface area (Å²) in [6.07, 6.45) is 5.12. The molecule has 251 valence electrons.